The van der Waals surface area contributed by atoms with Crippen LogP contribution in [0.3, 0.4) is 0 Å². The Hall–Kier alpha value is -0.490. The molecule has 4 rings (SSSR count). The predicted molar refractivity (Wildman–Crippen MR) is 113 cm³/mol. The molecule has 0 amide bonds. The van der Waals surface area contributed by atoms with Crippen molar-refractivity contribution >= 4 is 11.6 Å². The van der Waals surface area contributed by atoms with Crippen LogP contribution in [0.15, 0.2) is 18.2 Å². The molecule has 1 heteroatoms. The monoisotopic (exact) mass is 372 g/mol. The van der Waals surface area contributed by atoms with Crippen LogP contribution < -0.4 is 0 Å². The topological polar surface area (TPSA) is 0 Å². The maximum absolute atomic E-state index is 7.13. The zero-order valence-electron chi connectivity index (χ0n) is 17.1. The van der Waals surface area contributed by atoms with Gasteiger partial charge in [-0.2, -0.15) is 0 Å². The third-order valence-electron chi connectivity index (χ3n) is 9.08. The summed E-state index contributed by atoms with van der Waals surface area (Å²) in [6, 6.07) is 7.00. The van der Waals surface area contributed by atoms with Crippen molar-refractivity contribution in [1.82, 2.24) is 0 Å². The largest absolute Gasteiger partial charge is 0.0837 e. The lowest BCUT2D eigenvalue weighted by Crippen LogP contribution is -2.58. The highest BCUT2D eigenvalue weighted by atomic mass is 35.5. The first-order valence-corrected chi connectivity index (χ1v) is 11.7. The summed E-state index contributed by atoms with van der Waals surface area (Å²) in [5, 5.41) is 1.13. The van der Waals surface area contributed by atoms with Crippen molar-refractivity contribution in [3.8, 4) is 0 Å². The molecule has 0 aliphatic heterocycles. The normalized spacial score (nSPS) is 35.8. The molecule has 3 saturated carbocycles. The predicted octanol–water partition coefficient (Wildman–Crippen LogP) is 7.96. The first-order chi connectivity index (χ1) is 12.5. The van der Waals surface area contributed by atoms with E-state index in [-0.39, 0.29) is 0 Å². The SMILES string of the molecule is CCC1CCC(C)C(Cc2cccc(C3(CC)CCC34CCC4)c2Cl)C1. The minimum atomic E-state index is 0.377. The standard InChI is InChI=1S/C25H37Cl/c1-4-19-11-10-18(3)21(16-19)17-20-8-6-9-22(23(20)26)25(5-2)15-14-24(25)12-7-13-24/h6,8-9,18-19,21H,4-5,7,10-17H2,1-3H3. The third-order valence-corrected chi connectivity index (χ3v) is 9.53. The van der Waals surface area contributed by atoms with E-state index in [9.17, 15) is 0 Å². The fourth-order valence-corrected chi connectivity index (χ4v) is 7.22. The van der Waals surface area contributed by atoms with Gasteiger partial charge in [-0.3, -0.25) is 0 Å². The van der Waals surface area contributed by atoms with Gasteiger partial charge in [-0.05, 0) is 79.2 Å². The zero-order valence-corrected chi connectivity index (χ0v) is 17.9. The van der Waals surface area contributed by atoms with E-state index >= 15 is 0 Å². The quantitative estimate of drug-likeness (QED) is 0.491. The summed E-state index contributed by atoms with van der Waals surface area (Å²) in [7, 11) is 0. The van der Waals surface area contributed by atoms with E-state index < -0.39 is 0 Å². The van der Waals surface area contributed by atoms with Crippen molar-refractivity contribution in [2.45, 2.75) is 96.8 Å². The van der Waals surface area contributed by atoms with Gasteiger partial charge in [0.05, 0.1) is 0 Å². The molecule has 1 aromatic carbocycles. The molecule has 0 aromatic heterocycles. The Labute approximate surface area is 166 Å². The van der Waals surface area contributed by atoms with Crippen LogP contribution >= 0.6 is 11.6 Å². The Bertz CT molecular complexity index is 634. The third kappa shape index (κ3) is 2.78. The van der Waals surface area contributed by atoms with Crippen molar-refractivity contribution in [1.29, 1.82) is 0 Å². The smallest absolute Gasteiger partial charge is 0.0475 e. The van der Waals surface area contributed by atoms with E-state index in [4.69, 9.17) is 11.6 Å². The average Bonchev–Trinajstić information content (AvgIpc) is 2.58. The molecular formula is C25H37Cl. The summed E-state index contributed by atoms with van der Waals surface area (Å²) in [5.74, 6) is 2.60. The second kappa shape index (κ2) is 7.16. The molecular weight excluding hydrogens is 336 g/mol. The molecule has 4 unspecified atom stereocenters. The van der Waals surface area contributed by atoms with Crippen molar-refractivity contribution in [3.05, 3.63) is 34.3 Å². The minimum absolute atomic E-state index is 0.377. The number of benzene rings is 1. The maximum Gasteiger partial charge on any atom is 0.0475 e. The van der Waals surface area contributed by atoms with Gasteiger partial charge in [-0.25, -0.2) is 0 Å². The number of hydrogen-bond donors (Lipinski definition) is 0. The maximum atomic E-state index is 7.13. The molecule has 4 atom stereocenters. The molecule has 26 heavy (non-hydrogen) atoms. The molecule has 1 spiro atoms. The highest BCUT2D eigenvalue weighted by Crippen LogP contribution is 2.69. The van der Waals surface area contributed by atoms with Crippen molar-refractivity contribution in [3.63, 3.8) is 0 Å². The van der Waals surface area contributed by atoms with Crippen LogP contribution in [0.4, 0.5) is 0 Å². The van der Waals surface area contributed by atoms with Gasteiger partial charge in [0.15, 0.2) is 0 Å². The van der Waals surface area contributed by atoms with E-state index in [1.54, 1.807) is 0 Å². The molecule has 0 bridgehead atoms. The van der Waals surface area contributed by atoms with Crippen LogP contribution in [0.2, 0.25) is 5.02 Å². The Morgan fingerprint density at radius 3 is 2.46 bits per heavy atom. The molecule has 0 nitrogen and oxygen atoms in total. The minimum Gasteiger partial charge on any atom is -0.0837 e. The van der Waals surface area contributed by atoms with Crippen LogP contribution in [-0.4, -0.2) is 0 Å². The van der Waals surface area contributed by atoms with E-state index in [0.29, 0.717) is 10.8 Å². The first kappa shape index (κ1) is 18.9. The van der Waals surface area contributed by atoms with Gasteiger partial charge >= 0.3 is 0 Å². The number of rotatable bonds is 5. The Morgan fingerprint density at radius 1 is 1.08 bits per heavy atom. The summed E-state index contributed by atoms with van der Waals surface area (Å²) in [5.41, 5.74) is 3.91. The molecule has 3 aliphatic rings. The molecule has 144 valence electrons. The Balaban J connectivity index is 1.60. The van der Waals surface area contributed by atoms with Gasteiger partial charge < -0.3 is 0 Å². The fraction of sp³-hybridized carbons (Fsp3) is 0.760. The van der Waals surface area contributed by atoms with Crippen molar-refractivity contribution < 1.29 is 0 Å². The highest BCUT2D eigenvalue weighted by molar-refractivity contribution is 6.32. The molecule has 0 N–H and O–H groups in total. The summed E-state index contributed by atoms with van der Waals surface area (Å²) < 4.78 is 0. The first-order valence-electron chi connectivity index (χ1n) is 11.3. The van der Waals surface area contributed by atoms with Gasteiger partial charge in [-0.15, -0.1) is 0 Å². The van der Waals surface area contributed by atoms with Crippen LogP contribution in [0.25, 0.3) is 0 Å². The van der Waals surface area contributed by atoms with E-state index in [0.717, 1.165) is 22.8 Å². The van der Waals surface area contributed by atoms with Crippen LogP contribution in [0, 0.1) is 23.2 Å². The average molecular weight is 373 g/mol. The second-order valence-corrected chi connectivity index (χ2v) is 10.3. The van der Waals surface area contributed by atoms with E-state index in [2.05, 4.69) is 39.0 Å². The lowest BCUT2D eigenvalue weighted by Gasteiger charge is -2.65. The van der Waals surface area contributed by atoms with Gasteiger partial charge in [-0.1, -0.05) is 76.3 Å². The number of halogens is 1. The van der Waals surface area contributed by atoms with Crippen LogP contribution in [0.1, 0.15) is 96.1 Å². The second-order valence-electron chi connectivity index (χ2n) is 9.88. The molecule has 0 radical (unpaired) electrons. The molecule has 0 heterocycles. The molecule has 3 fully saturated rings. The molecule has 0 saturated heterocycles. The van der Waals surface area contributed by atoms with Crippen molar-refractivity contribution in [2.24, 2.45) is 23.2 Å². The lowest BCUT2D eigenvalue weighted by molar-refractivity contribution is -0.0830. The summed E-state index contributed by atoms with van der Waals surface area (Å²) in [6.07, 6.45) is 15.1. The lowest BCUT2D eigenvalue weighted by atomic mass is 9.39. The summed E-state index contributed by atoms with van der Waals surface area (Å²) in [4.78, 5) is 0. The fourth-order valence-electron chi connectivity index (χ4n) is 6.83. The number of hydrogen-bond acceptors (Lipinski definition) is 0. The van der Waals surface area contributed by atoms with Gasteiger partial charge in [0.25, 0.3) is 0 Å². The molecule has 3 aliphatic carbocycles. The van der Waals surface area contributed by atoms with E-state index in [1.165, 1.54) is 81.8 Å². The summed E-state index contributed by atoms with van der Waals surface area (Å²) in [6.45, 7) is 7.24. The zero-order chi connectivity index (χ0) is 18.4. The van der Waals surface area contributed by atoms with Gasteiger partial charge in [0.1, 0.15) is 0 Å². The highest BCUT2D eigenvalue weighted by Gasteiger charge is 2.61. The van der Waals surface area contributed by atoms with Gasteiger partial charge in [0.2, 0.25) is 0 Å². The van der Waals surface area contributed by atoms with Crippen LogP contribution in [-0.2, 0) is 11.8 Å². The van der Waals surface area contributed by atoms with Crippen molar-refractivity contribution in [2.75, 3.05) is 0 Å². The van der Waals surface area contributed by atoms with Crippen LogP contribution in [0.5, 0.6) is 0 Å². The summed E-state index contributed by atoms with van der Waals surface area (Å²) >= 11 is 7.13. The Kier molecular flexibility index (Phi) is 5.19. The van der Waals surface area contributed by atoms with E-state index in [1.807, 2.05) is 0 Å². The molecule has 1 aromatic rings. The Morgan fingerprint density at radius 2 is 1.88 bits per heavy atom. The van der Waals surface area contributed by atoms with Gasteiger partial charge in [0, 0.05) is 10.4 Å².